The van der Waals surface area contributed by atoms with E-state index in [1.54, 1.807) is 24.4 Å². The van der Waals surface area contributed by atoms with E-state index < -0.39 is 15.8 Å². The first kappa shape index (κ1) is 22.2. The van der Waals surface area contributed by atoms with Gasteiger partial charge in [-0.15, -0.1) is 0 Å². The summed E-state index contributed by atoms with van der Waals surface area (Å²) in [6.45, 7) is 1.86. The Morgan fingerprint density at radius 3 is 2.53 bits per heavy atom. The summed E-state index contributed by atoms with van der Waals surface area (Å²) in [5, 5.41) is -0.0710. The number of nitrogens with one attached hydrogen (secondary N) is 1. The van der Waals surface area contributed by atoms with E-state index in [2.05, 4.69) is 15.0 Å². The molecule has 0 spiro atoms. The Hall–Kier alpha value is -3.63. The van der Waals surface area contributed by atoms with Crippen LogP contribution in [0.1, 0.15) is 5.56 Å². The highest BCUT2D eigenvalue weighted by Gasteiger charge is 2.28. The Morgan fingerprint density at radius 2 is 1.85 bits per heavy atom. The third kappa shape index (κ3) is 3.29. The summed E-state index contributed by atoms with van der Waals surface area (Å²) in [6.07, 6.45) is 2.51. The minimum Gasteiger partial charge on any atom is -0.491 e. The number of H-pyrrole nitrogens is 1. The second kappa shape index (κ2) is 8.00. The summed E-state index contributed by atoms with van der Waals surface area (Å²) in [4.78, 5) is 11.7. The molecule has 0 aliphatic carbocycles. The smallest absolute Gasteiger partial charge is 0.269 e. The molecule has 0 aliphatic rings. The minimum atomic E-state index is -4.15. The fourth-order valence-corrected chi connectivity index (χ4v) is 5.48. The van der Waals surface area contributed by atoms with Crippen molar-refractivity contribution < 1.29 is 22.3 Å². The SMILES string of the molecule is COc1cc2[nH]cc(-c3cc4c(Cl)c(F)cnc4n3S(=O)(=O)c3ccc(C)cc3)c2nc1OC. The molecule has 0 unspecified atom stereocenters. The van der Waals surface area contributed by atoms with E-state index in [4.69, 9.17) is 21.1 Å². The topological polar surface area (TPSA) is 99.1 Å². The molecule has 1 aromatic carbocycles. The fraction of sp³-hybridized carbons (Fsp3) is 0.130. The van der Waals surface area contributed by atoms with Crippen molar-refractivity contribution in [2.24, 2.45) is 0 Å². The lowest BCUT2D eigenvalue weighted by atomic mass is 10.2. The van der Waals surface area contributed by atoms with Crippen LogP contribution in [0.4, 0.5) is 4.39 Å². The molecule has 11 heteroatoms. The van der Waals surface area contributed by atoms with Crippen molar-refractivity contribution in [3.8, 4) is 22.9 Å². The molecule has 0 fully saturated rings. The first-order valence-corrected chi connectivity index (χ1v) is 11.9. The maximum absolute atomic E-state index is 14.2. The Bertz CT molecular complexity index is 1680. The monoisotopic (exact) mass is 500 g/mol. The van der Waals surface area contributed by atoms with E-state index >= 15 is 0 Å². The summed E-state index contributed by atoms with van der Waals surface area (Å²) in [7, 11) is -1.20. The van der Waals surface area contributed by atoms with Gasteiger partial charge >= 0.3 is 0 Å². The highest BCUT2D eigenvalue weighted by Crippen LogP contribution is 2.39. The molecule has 0 saturated carbocycles. The number of aromatic nitrogens is 4. The number of rotatable bonds is 5. The van der Waals surface area contributed by atoms with Gasteiger partial charge < -0.3 is 14.5 Å². The van der Waals surface area contributed by atoms with Gasteiger partial charge in [-0.2, -0.15) is 0 Å². The molecule has 0 bridgehead atoms. The number of aromatic amines is 1. The lowest BCUT2D eigenvalue weighted by Crippen LogP contribution is -2.14. The van der Waals surface area contributed by atoms with Crippen molar-refractivity contribution in [1.82, 2.24) is 18.9 Å². The van der Waals surface area contributed by atoms with Gasteiger partial charge in [0.25, 0.3) is 15.9 Å². The number of pyridine rings is 2. The predicted octanol–water partition coefficient (Wildman–Crippen LogP) is 4.93. The maximum atomic E-state index is 14.2. The molecule has 0 radical (unpaired) electrons. The van der Waals surface area contributed by atoms with E-state index in [9.17, 15) is 12.8 Å². The van der Waals surface area contributed by atoms with Gasteiger partial charge in [0, 0.05) is 23.2 Å². The average Bonchev–Trinajstić information content (AvgIpc) is 3.42. The van der Waals surface area contributed by atoms with Crippen molar-refractivity contribution in [2.45, 2.75) is 11.8 Å². The van der Waals surface area contributed by atoms with Crippen LogP contribution in [0.3, 0.4) is 0 Å². The molecule has 174 valence electrons. The van der Waals surface area contributed by atoms with Gasteiger partial charge in [0.15, 0.2) is 17.2 Å². The number of benzene rings is 1. The van der Waals surface area contributed by atoms with Crippen LogP contribution in [0.25, 0.3) is 33.3 Å². The fourth-order valence-electron chi connectivity index (χ4n) is 3.82. The molecule has 0 saturated heterocycles. The highest BCUT2D eigenvalue weighted by atomic mass is 35.5. The van der Waals surface area contributed by atoms with Crippen LogP contribution in [-0.4, -0.2) is 41.6 Å². The highest BCUT2D eigenvalue weighted by molar-refractivity contribution is 7.90. The molecule has 4 heterocycles. The Balaban J connectivity index is 1.87. The molecule has 0 aliphatic heterocycles. The summed E-state index contributed by atoms with van der Waals surface area (Å²) in [5.74, 6) is -0.126. The van der Waals surface area contributed by atoms with Crippen molar-refractivity contribution in [3.63, 3.8) is 0 Å². The van der Waals surface area contributed by atoms with E-state index in [1.807, 2.05) is 6.92 Å². The molecular formula is C23H18ClFN4O4S. The van der Waals surface area contributed by atoms with Crippen molar-refractivity contribution in [2.75, 3.05) is 14.2 Å². The first-order valence-electron chi connectivity index (χ1n) is 10.0. The number of methoxy groups -OCH3 is 2. The van der Waals surface area contributed by atoms with Crippen LogP contribution in [0.2, 0.25) is 5.02 Å². The lowest BCUT2D eigenvalue weighted by molar-refractivity contribution is 0.344. The van der Waals surface area contributed by atoms with Gasteiger partial charge in [-0.1, -0.05) is 29.3 Å². The molecule has 34 heavy (non-hydrogen) atoms. The predicted molar refractivity (Wildman–Crippen MR) is 127 cm³/mol. The Morgan fingerprint density at radius 1 is 1.12 bits per heavy atom. The van der Waals surface area contributed by atoms with Crippen LogP contribution in [0, 0.1) is 12.7 Å². The van der Waals surface area contributed by atoms with Crippen LogP contribution in [-0.2, 0) is 10.0 Å². The summed E-state index contributed by atoms with van der Waals surface area (Å²) < 4.78 is 53.5. The van der Waals surface area contributed by atoms with Crippen LogP contribution in [0.15, 0.2) is 53.7 Å². The summed E-state index contributed by atoms with van der Waals surface area (Å²) in [6, 6.07) is 9.59. The third-order valence-corrected chi connectivity index (χ3v) is 7.61. The van der Waals surface area contributed by atoms with Crippen molar-refractivity contribution >= 4 is 43.7 Å². The molecule has 4 aromatic heterocycles. The van der Waals surface area contributed by atoms with Gasteiger partial charge in [-0.05, 0) is 25.1 Å². The molecule has 8 nitrogen and oxygen atoms in total. The minimum absolute atomic E-state index is 0.00296. The zero-order valence-electron chi connectivity index (χ0n) is 18.3. The number of halogens is 2. The number of ether oxygens (including phenoxy) is 2. The second-order valence-electron chi connectivity index (χ2n) is 7.57. The second-order valence-corrected chi connectivity index (χ2v) is 9.73. The van der Waals surface area contributed by atoms with Crippen molar-refractivity contribution in [3.05, 3.63) is 65.2 Å². The van der Waals surface area contributed by atoms with Gasteiger partial charge in [-0.25, -0.2) is 26.7 Å². The zero-order valence-corrected chi connectivity index (χ0v) is 19.8. The molecule has 5 aromatic rings. The normalized spacial score (nSPS) is 11.9. The van der Waals surface area contributed by atoms with Crippen LogP contribution < -0.4 is 9.47 Å². The van der Waals surface area contributed by atoms with Gasteiger partial charge in [0.2, 0.25) is 0 Å². The standard InChI is InChI=1S/C23H18ClFN4O4S/c1-12-4-6-13(7-5-12)34(30,31)29-18(8-14-20(24)16(25)11-27-22(14)29)15-10-26-17-9-19(32-2)23(33-3)28-21(15)17/h4-11,26H,1-3H3. The van der Waals surface area contributed by atoms with Gasteiger partial charge in [0.05, 0.1) is 41.5 Å². The van der Waals surface area contributed by atoms with Crippen LogP contribution >= 0.6 is 11.6 Å². The van der Waals surface area contributed by atoms with E-state index in [0.29, 0.717) is 22.3 Å². The first-order chi connectivity index (χ1) is 16.3. The largest absolute Gasteiger partial charge is 0.491 e. The molecule has 0 amide bonds. The van der Waals surface area contributed by atoms with Crippen molar-refractivity contribution in [1.29, 1.82) is 0 Å². The zero-order chi connectivity index (χ0) is 24.2. The average molecular weight is 501 g/mol. The third-order valence-electron chi connectivity index (χ3n) is 5.51. The Labute approximate surface area is 199 Å². The summed E-state index contributed by atoms with van der Waals surface area (Å²) >= 11 is 6.21. The number of nitrogens with zero attached hydrogens (tertiary/aromatic N) is 3. The molecule has 1 N–H and O–H groups in total. The molecule has 5 rings (SSSR count). The molecular weight excluding hydrogens is 483 g/mol. The van der Waals surface area contributed by atoms with Crippen LogP contribution in [0.5, 0.6) is 11.6 Å². The maximum Gasteiger partial charge on any atom is 0.269 e. The van der Waals surface area contributed by atoms with E-state index in [0.717, 1.165) is 15.7 Å². The lowest BCUT2D eigenvalue weighted by Gasteiger charge is -2.12. The number of hydrogen-bond acceptors (Lipinski definition) is 6. The van der Waals surface area contributed by atoms with E-state index in [1.165, 1.54) is 32.4 Å². The summed E-state index contributed by atoms with van der Waals surface area (Å²) in [5.41, 5.74) is 2.56. The molecule has 0 atom stereocenters. The van der Waals surface area contributed by atoms with Gasteiger partial charge in [-0.3, -0.25) is 0 Å². The van der Waals surface area contributed by atoms with Gasteiger partial charge in [0.1, 0.15) is 5.52 Å². The van der Waals surface area contributed by atoms with E-state index in [-0.39, 0.29) is 32.5 Å². The Kier molecular flexibility index (Phi) is 5.22. The number of aryl methyl sites for hydroxylation is 1. The number of hydrogen-bond donors (Lipinski definition) is 1. The number of fused-ring (bicyclic) bond motifs is 2. The quantitative estimate of drug-likeness (QED) is 0.367.